The summed E-state index contributed by atoms with van der Waals surface area (Å²) in [5.74, 6) is 0. The molecule has 2 heterocycles. The highest BCUT2D eigenvalue weighted by molar-refractivity contribution is 7.66. The molecule has 0 aromatic carbocycles. The first-order valence-electron chi connectivity index (χ1n) is 9.32. The van der Waals surface area contributed by atoms with E-state index in [9.17, 15) is 54.3 Å². The molecule has 35 heavy (non-hydrogen) atoms. The number of hydrogen-bond acceptors (Lipinski definition) is 16. The van der Waals surface area contributed by atoms with Gasteiger partial charge in [-0.3, -0.25) is 4.52 Å². The summed E-state index contributed by atoms with van der Waals surface area (Å²) in [5, 5.41) is 68.9. The molecule has 0 aliphatic carbocycles. The van der Waals surface area contributed by atoms with Crippen molar-refractivity contribution in [1.29, 1.82) is 0 Å². The topological polar surface area (TPSA) is 329 Å². The molecule has 2 fully saturated rings. The van der Waals surface area contributed by atoms with Crippen LogP contribution in [0.3, 0.4) is 0 Å². The fourth-order valence-electron chi connectivity index (χ4n) is 3.07. The third-order valence-corrected chi connectivity index (χ3v) is 8.41. The van der Waals surface area contributed by atoms with Gasteiger partial charge in [0.05, 0.1) is 13.2 Å². The standard InChI is InChI=1S/C12H25O20P3/c13-1-3-5(15)6(16)8(18)11(27-3)29-10-4(2-14)28-12(9(19)7(10)17)30-34(23,24)32-35(25,26)31-33(20,21)22/h3-19H,1-2H2,(H,23,24)(H,25,26)(H2,20,21,22)/t3-,4-,5-,6+,7-,8-,9-,10-,11+,12+/m1/s1. The normalized spacial score (nSPS) is 42.3. The predicted molar refractivity (Wildman–Crippen MR) is 101 cm³/mol. The molecule has 20 nitrogen and oxygen atoms in total. The van der Waals surface area contributed by atoms with Crippen molar-refractivity contribution in [3.8, 4) is 0 Å². The van der Waals surface area contributed by atoms with Gasteiger partial charge in [0.25, 0.3) is 0 Å². The Morgan fingerprint density at radius 2 is 1.14 bits per heavy atom. The van der Waals surface area contributed by atoms with Crippen molar-refractivity contribution in [2.45, 2.75) is 61.4 Å². The number of ether oxygens (including phenoxy) is 3. The lowest BCUT2D eigenvalue weighted by Gasteiger charge is -2.45. The van der Waals surface area contributed by atoms with Gasteiger partial charge in [0.2, 0.25) is 0 Å². The molecule has 2 unspecified atom stereocenters. The smallest absolute Gasteiger partial charge is 0.394 e. The zero-order chi connectivity index (χ0) is 26.9. The molecule has 2 rings (SSSR count). The first kappa shape index (κ1) is 31.2. The number of phosphoric ester groups is 1. The summed E-state index contributed by atoms with van der Waals surface area (Å²) in [5.41, 5.74) is 0. The molecule has 23 heteroatoms. The lowest BCUT2D eigenvalue weighted by molar-refractivity contribution is -0.353. The number of aliphatic hydroxyl groups excluding tert-OH is 7. The summed E-state index contributed by atoms with van der Waals surface area (Å²) in [7, 11) is -17.4. The van der Waals surface area contributed by atoms with Crippen LogP contribution >= 0.6 is 23.5 Å². The van der Waals surface area contributed by atoms with E-state index < -0.39 is 98.1 Å². The Bertz CT molecular complexity index is 845. The molecule has 11 N–H and O–H groups in total. The largest absolute Gasteiger partial charge is 0.490 e. The number of phosphoric acid groups is 3. The quantitative estimate of drug-likeness (QED) is 0.107. The molecular formula is C12H25O20P3. The summed E-state index contributed by atoms with van der Waals surface area (Å²) in [6, 6.07) is 0. The highest BCUT2D eigenvalue weighted by Gasteiger charge is 2.53. The second kappa shape index (κ2) is 11.8. The molecule has 0 radical (unpaired) electrons. The lowest BCUT2D eigenvalue weighted by Crippen LogP contribution is -2.64. The Hall–Kier alpha value is 0.0100. The van der Waals surface area contributed by atoms with Gasteiger partial charge in [0, 0.05) is 0 Å². The van der Waals surface area contributed by atoms with E-state index in [1.54, 1.807) is 0 Å². The molecule has 2 aliphatic heterocycles. The van der Waals surface area contributed by atoms with Crippen LogP contribution in [0, 0.1) is 0 Å². The Labute approximate surface area is 195 Å². The maximum Gasteiger partial charge on any atom is 0.490 e. The molecule has 0 aromatic heterocycles. The Balaban J connectivity index is 2.13. The Morgan fingerprint density at radius 1 is 0.629 bits per heavy atom. The van der Waals surface area contributed by atoms with Gasteiger partial charge in [0.1, 0.15) is 48.8 Å². The van der Waals surface area contributed by atoms with Crippen molar-refractivity contribution in [3.63, 3.8) is 0 Å². The van der Waals surface area contributed by atoms with Crippen LogP contribution in [0.1, 0.15) is 0 Å². The summed E-state index contributed by atoms with van der Waals surface area (Å²) < 4.78 is 60.6. The zero-order valence-electron chi connectivity index (χ0n) is 17.1. The van der Waals surface area contributed by atoms with Crippen molar-refractivity contribution in [2.24, 2.45) is 0 Å². The summed E-state index contributed by atoms with van der Waals surface area (Å²) in [4.78, 5) is 35.8. The van der Waals surface area contributed by atoms with Gasteiger partial charge in [-0.2, -0.15) is 8.62 Å². The van der Waals surface area contributed by atoms with Crippen LogP contribution in [0.2, 0.25) is 0 Å². The maximum atomic E-state index is 12.0. The van der Waals surface area contributed by atoms with Crippen LogP contribution in [-0.2, 0) is 41.1 Å². The molecule has 12 atom stereocenters. The van der Waals surface area contributed by atoms with Gasteiger partial charge in [0.15, 0.2) is 12.6 Å². The van der Waals surface area contributed by atoms with Crippen molar-refractivity contribution in [3.05, 3.63) is 0 Å². The monoisotopic (exact) mass is 582 g/mol. The van der Waals surface area contributed by atoms with Gasteiger partial charge < -0.3 is 69.5 Å². The fraction of sp³-hybridized carbons (Fsp3) is 1.00. The highest BCUT2D eigenvalue weighted by atomic mass is 31.3. The van der Waals surface area contributed by atoms with E-state index in [1.165, 1.54) is 0 Å². The average Bonchev–Trinajstić information content (AvgIpc) is 2.70. The molecule has 0 saturated carbocycles. The van der Waals surface area contributed by atoms with Crippen molar-refractivity contribution in [1.82, 2.24) is 0 Å². The highest BCUT2D eigenvalue weighted by Crippen LogP contribution is 2.66. The van der Waals surface area contributed by atoms with Gasteiger partial charge in [-0.1, -0.05) is 0 Å². The van der Waals surface area contributed by atoms with Crippen LogP contribution in [0.25, 0.3) is 0 Å². The SMILES string of the molecule is O=P(O)(O)OP(=O)(O)OP(=O)(O)O[C@@H]1O[C@H](CO)[C@@H](O[C@@H]2O[C@H](CO)[C@@H](O)[C@H](O)[C@H]2O)[C@H](O)[C@H]1O. The van der Waals surface area contributed by atoms with Crippen molar-refractivity contribution >= 4 is 23.5 Å². The molecule has 2 saturated heterocycles. The molecule has 2 aliphatic rings. The van der Waals surface area contributed by atoms with Gasteiger partial charge in [-0.05, 0) is 0 Å². The third-order valence-electron chi connectivity index (χ3n) is 4.61. The summed E-state index contributed by atoms with van der Waals surface area (Å²) >= 11 is 0. The van der Waals surface area contributed by atoms with Gasteiger partial charge in [-0.15, -0.1) is 0 Å². The summed E-state index contributed by atoms with van der Waals surface area (Å²) in [6.07, 6.45) is -19.3. The number of hydrogen-bond donors (Lipinski definition) is 11. The van der Waals surface area contributed by atoms with E-state index in [2.05, 4.69) is 13.1 Å². The zero-order valence-corrected chi connectivity index (χ0v) is 19.8. The van der Waals surface area contributed by atoms with E-state index in [-0.39, 0.29) is 0 Å². The van der Waals surface area contributed by atoms with Crippen LogP contribution in [0.4, 0.5) is 0 Å². The van der Waals surface area contributed by atoms with Crippen LogP contribution < -0.4 is 0 Å². The van der Waals surface area contributed by atoms with E-state index in [1.807, 2.05) is 0 Å². The van der Waals surface area contributed by atoms with Gasteiger partial charge in [-0.25, -0.2) is 13.7 Å². The fourth-order valence-corrected chi connectivity index (χ4v) is 6.17. The third kappa shape index (κ3) is 8.25. The Morgan fingerprint density at radius 3 is 1.66 bits per heavy atom. The first-order valence-corrected chi connectivity index (χ1v) is 13.8. The number of rotatable bonds is 10. The lowest BCUT2D eigenvalue weighted by atomic mass is 9.97. The van der Waals surface area contributed by atoms with E-state index in [4.69, 9.17) is 28.9 Å². The maximum absolute atomic E-state index is 12.0. The minimum absolute atomic E-state index is 0.831. The summed E-state index contributed by atoms with van der Waals surface area (Å²) in [6.45, 7) is -1.88. The molecular weight excluding hydrogens is 557 g/mol. The molecule has 0 spiro atoms. The molecule has 0 amide bonds. The second-order valence-electron chi connectivity index (χ2n) is 7.20. The van der Waals surface area contributed by atoms with Crippen molar-refractivity contribution in [2.75, 3.05) is 13.2 Å². The van der Waals surface area contributed by atoms with Crippen LogP contribution in [0.5, 0.6) is 0 Å². The second-order valence-corrected chi connectivity index (χ2v) is 11.6. The number of aliphatic hydroxyl groups is 7. The average molecular weight is 582 g/mol. The van der Waals surface area contributed by atoms with E-state index in [0.29, 0.717) is 0 Å². The van der Waals surface area contributed by atoms with E-state index in [0.717, 1.165) is 0 Å². The first-order chi connectivity index (χ1) is 15.9. The minimum Gasteiger partial charge on any atom is -0.394 e. The van der Waals surface area contributed by atoms with Crippen molar-refractivity contribution < 1.29 is 96.4 Å². The Kier molecular flexibility index (Phi) is 10.5. The van der Waals surface area contributed by atoms with Crippen LogP contribution in [-0.4, -0.2) is 130 Å². The molecule has 0 bridgehead atoms. The van der Waals surface area contributed by atoms with E-state index >= 15 is 0 Å². The minimum atomic E-state index is -5.91. The molecule has 208 valence electrons. The van der Waals surface area contributed by atoms with Crippen LogP contribution in [0.15, 0.2) is 0 Å². The van der Waals surface area contributed by atoms with Gasteiger partial charge >= 0.3 is 23.5 Å². The molecule has 0 aromatic rings. The predicted octanol–water partition coefficient (Wildman–Crippen LogP) is -5.05.